The second-order valence-electron chi connectivity index (χ2n) is 5.22. The lowest BCUT2D eigenvalue weighted by Crippen LogP contribution is -2.50. The van der Waals surface area contributed by atoms with Crippen LogP contribution >= 0.6 is 11.8 Å². The second-order valence-corrected chi connectivity index (χ2v) is 6.37. The van der Waals surface area contributed by atoms with Crippen molar-refractivity contribution >= 4 is 11.8 Å². The highest BCUT2D eigenvalue weighted by Crippen LogP contribution is 2.34. The van der Waals surface area contributed by atoms with Gasteiger partial charge in [0, 0.05) is 31.6 Å². The summed E-state index contributed by atoms with van der Waals surface area (Å²) < 4.78 is 5.11. The predicted molar refractivity (Wildman–Crippen MR) is 68.6 cm³/mol. The highest BCUT2D eigenvalue weighted by atomic mass is 32.2. The van der Waals surface area contributed by atoms with Crippen molar-refractivity contribution in [1.82, 2.24) is 5.32 Å². The molecule has 1 aliphatic rings. The maximum Gasteiger partial charge on any atom is 0.0476 e. The van der Waals surface area contributed by atoms with Gasteiger partial charge in [0.15, 0.2) is 0 Å². The fourth-order valence-electron chi connectivity index (χ4n) is 1.93. The fourth-order valence-corrected chi connectivity index (χ4v) is 3.55. The van der Waals surface area contributed by atoms with E-state index in [1.54, 1.807) is 7.11 Å². The smallest absolute Gasteiger partial charge is 0.0476 e. The molecule has 0 aromatic rings. The van der Waals surface area contributed by atoms with Crippen LogP contribution in [-0.4, -0.2) is 37.3 Å². The van der Waals surface area contributed by atoms with Crippen LogP contribution in [0.15, 0.2) is 0 Å². The minimum Gasteiger partial charge on any atom is -0.385 e. The minimum atomic E-state index is 0.451. The van der Waals surface area contributed by atoms with Crippen LogP contribution in [0.3, 0.4) is 0 Å². The van der Waals surface area contributed by atoms with Crippen molar-refractivity contribution in [2.45, 2.75) is 45.7 Å². The van der Waals surface area contributed by atoms with Gasteiger partial charge in [0.1, 0.15) is 0 Å². The Morgan fingerprint density at radius 3 is 2.87 bits per heavy atom. The van der Waals surface area contributed by atoms with Crippen LogP contribution in [0.4, 0.5) is 0 Å². The molecule has 0 aromatic heterocycles. The molecule has 2 nitrogen and oxygen atoms in total. The van der Waals surface area contributed by atoms with E-state index in [9.17, 15) is 0 Å². The lowest BCUT2D eigenvalue weighted by Gasteiger charge is -2.40. The first-order chi connectivity index (χ1) is 7.06. The zero-order valence-electron chi connectivity index (χ0n) is 10.5. The minimum absolute atomic E-state index is 0.451. The third kappa shape index (κ3) is 4.33. The zero-order valence-corrected chi connectivity index (χ0v) is 11.3. The summed E-state index contributed by atoms with van der Waals surface area (Å²) in [7, 11) is 1.77. The molecule has 90 valence electrons. The summed E-state index contributed by atoms with van der Waals surface area (Å²) in [6, 6.07) is 1.22. The van der Waals surface area contributed by atoms with Gasteiger partial charge in [-0.2, -0.15) is 11.8 Å². The van der Waals surface area contributed by atoms with Crippen molar-refractivity contribution in [1.29, 1.82) is 0 Å². The maximum absolute atomic E-state index is 5.11. The van der Waals surface area contributed by atoms with Gasteiger partial charge in [-0.05, 0) is 30.9 Å². The number of nitrogens with one attached hydrogen (secondary N) is 1. The van der Waals surface area contributed by atoms with Crippen molar-refractivity contribution in [3.05, 3.63) is 0 Å². The van der Waals surface area contributed by atoms with Crippen molar-refractivity contribution < 1.29 is 4.74 Å². The van der Waals surface area contributed by atoms with Gasteiger partial charge in [0.2, 0.25) is 0 Å². The van der Waals surface area contributed by atoms with E-state index in [1.807, 2.05) is 0 Å². The molecule has 0 bridgehead atoms. The van der Waals surface area contributed by atoms with E-state index in [1.165, 1.54) is 17.9 Å². The quantitative estimate of drug-likeness (QED) is 0.785. The number of ether oxygens (including phenoxy) is 1. The van der Waals surface area contributed by atoms with E-state index in [2.05, 4.69) is 37.8 Å². The Hall–Kier alpha value is 0.270. The molecule has 0 saturated carbocycles. The molecule has 0 amide bonds. The van der Waals surface area contributed by atoms with Crippen LogP contribution in [0, 0.1) is 5.41 Å². The summed E-state index contributed by atoms with van der Waals surface area (Å²) in [6.45, 7) is 7.88. The van der Waals surface area contributed by atoms with E-state index in [4.69, 9.17) is 4.74 Å². The van der Waals surface area contributed by atoms with Crippen molar-refractivity contribution in [2.24, 2.45) is 5.41 Å². The van der Waals surface area contributed by atoms with Crippen LogP contribution in [0.25, 0.3) is 0 Å². The molecule has 0 aromatic carbocycles. The molecule has 0 aliphatic carbocycles. The molecule has 15 heavy (non-hydrogen) atoms. The van der Waals surface area contributed by atoms with E-state index >= 15 is 0 Å². The van der Waals surface area contributed by atoms with Crippen LogP contribution in [0.5, 0.6) is 0 Å². The normalized spacial score (nSPS) is 27.6. The molecule has 0 radical (unpaired) electrons. The Balaban J connectivity index is 2.34. The van der Waals surface area contributed by atoms with Crippen molar-refractivity contribution in [3.63, 3.8) is 0 Å². The molecule has 1 heterocycles. The summed E-state index contributed by atoms with van der Waals surface area (Å²) in [4.78, 5) is 0. The van der Waals surface area contributed by atoms with Crippen molar-refractivity contribution in [3.8, 4) is 0 Å². The molecule has 3 heteroatoms. The number of hydrogen-bond donors (Lipinski definition) is 1. The Bertz CT molecular complexity index is 184. The third-order valence-corrected chi connectivity index (χ3v) is 4.42. The van der Waals surface area contributed by atoms with Gasteiger partial charge in [-0.25, -0.2) is 0 Å². The Kier molecular flexibility index (Phi) is 5.44. The van der Waals surface area contributed by atoms with Crippen LogP contribution < -0.4 is 5.32 Å². The average molecular weight is 231 g/mol. The third-order valence-electron chi connectivity index (χ3n) is 3.36. The first-order valence-corrected chi connectivity index (χ1v) is 7.04. The van der Waals surface area contributed by atoms with E-state index in [0.29, 0.717) is 17.5 Å². The predicted octanol–water partition coefficient (Wildman–Crippen LogP) is 2.53. The van der Waals surface area contributed by atoms with E-state index in [0.717, 1.165) is 13.0 Å². The largest absolute Gasteiger partial charge is 0.385 e. The van der Waals surface area contributed by atoms with Gasteiger partial charge >= 0.3 is 0 Å². The molecule has 1 N–H and O–H groups in total. The molecule has 1 saturated heterocycles. The van der Waals surface area contributed by atoms with Crippen molar-refractivity contribution in [2.75, 3.05) is 25.2 Å². The SMILES string of the molecule is COCCC(C)NC1CSCCC1(C)C. The molecule has 0 spiro atoms. The summed E-state index contributed by atoms with van der Waals surface area (Å²) in [5, 5.41) is 3.74. The van der Waals surface area contributed by atoms with Gasteiger partial charge in [0.05, 0.1) is 0 Å². The van der Waals surface area contributed by atoms with Crippen LogP contribution in [0.1, 0.15) is 33.6 Å². The van der Waals surface area contributed by atoms with Gasteiger partial charge in [0.25, 0.3) is 0 Å². The Labute approximate surface area is 98.5 Å². The lowest BCUT2D eigenvalue weighted by atomic mass is 9.82. The average Bonchev–Trinajstić information content (AvgIpc) is 2.18. The summed E-state index contributed by atoms with van der Waals surface area (Å²) in [5.41, 5.74) is 0.451. The van der Waals surface area contributed by atoms with Gasteiger partial charge in [-0.3, -0.25) is 0 Å². The lowest BCUT2D eigenvalue weighted by molar-refractivity contribution is 0.171. The molecular weight excluding hydrogens is 206 g/mol. The fraction of sp³-hybridized carbons (Fsp3) is 1.00. The highest BCUT2D eigenvalue weighted by molar-refractivity contribution is 7.99. The Morgan fingerprint density at radius 2 is 2.27 bits per heavy atom. The molecule has 1 aliphatic heterocycles. The van der Waals surface area contributed by atoms with Crippen LogP contribution in [0.2, 0.25) is 0 Å². The Morgan fingerprint density at radius 1 is 1.53 bits per heavy atom. The second kappa shape index (κ2) is 6.12. The molecular formula is C12H25NOS. The van der Waals surface area contributed by atoms with Crippen LogP contribution in [-0.2, 0) is 4.74 Å². The first kappa shape index (κ1) is 13.3. The number of methoxy groups -OCH3 is 1. The van der Waals surface area contributed by atoms with E-state index < -0.39 is 0 Å². The number of hydrogen-bond acceptors (Lipinski definition) is 3. The monoisotopic (exact) mass is 231 g/mol. The van der Waals surface area contributed by atoms with Gasteiger partial charge in [-0.15, -0.1) is 0 Å². The molecule has 2 unspecified atom stereocenters. The maximum atomic E-state index is 5.11. The molecule has 1 fully saturated rings. The number of rotatable bonds is 5. The van der Waals surface area contributed by atoms with Gasteiger partial charge in [-0.1, -0.05) is 13.8 Å². The molecule has 2 atom stereocenters. The standard InChI is InChI=1S/C12H25NOS/c1-10(5-7-14-4)13-11-9-15-8-6-12(11,2)3/h10-11,13H,5-9H2,1-4H3. The zero-order chi connectivity index (χ0) is 11.3. The summed E-state index contributed by atoms with van der Waals surface area (Å²) in [6.07, 6.45) is 2.43. The summed E-state index contributed by atoms with van der Waals surface area (Å²) in [5.74, 6) is 2.57. The highest BCUT2D eigenvalue weighted by Gasteiger charge is 2.32. The molecule has 1 rings (SSSR count). The topological polar surface area (TPSA) is 21.3 Å². The van der Waals surface area contributed by atoms with E-state index in [-0.39, 0.29) is 0 Å². The number of thioether (sulfide) groups is 1. The summed E-state index contributed by atoms with van der Waals surface area (Å²) >= 11 is 2.08. The van der Waals surface area contributed by atoms with Gasteiger partial charge < -0.3 is 10.1 Å². The first-order valence-electron chi connectivity index (χ1n) is 5.89.